The van der Waals surface area contributed by atoms with Crippen molar-refractivity contribution in [3.63, 3.8) is 0 Å². The first kappa shape index (κ1) is 43.3. The van der Waals surface area contributed by atoms with E-state index >= 15 is 0 Å². The second-order valence-corrected chi connectivity index (χ2v) is 22.2. The van der Waals surface area contributed by atoms with Crippen molar-refractivity contribution >= 4 is 90.4 Å². The molecule has 0 N–H and O–H groups in total. The highest BCUT2D eigenvalue weighted by Gasteiger charge is 2.35. The molecule has 2 nitrogen and oxygen atoms in total. The molecule has 0 radical (unpaired) electrons. The van der Waals surface area contributed by atoms with E-state index < -0.39 is 0 Å². The van der Waals surface area contributed by atoms with Crippen molar-refractivity contribution < 1.29 is 0 Å². The molecule has 0 saturated carbocycles. The number of hydrogen-bond acceptors (Lipinski definition) is 4. The smallest absolute Gasteiger partial charge is 0.0683 e. The summed E-state index contributed by atoms with van der Waals surface area (Å²) in [5.41, 5.74) is 17.4. The summed E-state index contributed by atoms with van der Waals surface area (Å²) in [7, 11) is 0. The highest BCUT2D eigenvalue weighted by Crippen LogP contribution is 2.54. The van der Waals surface area contributed by atoms with Gasteiger partial charge in [0, 0.05) is 32.0 Å². The molecule has 0 fully saturated rings. The van der Waals surface area contributed by atoms with Crippen LogP contribution in [-0.2, 0) is 6.42 Å². The zero-order valence-corrected chi connectivity index (χ0v) is 42.1. The summed E-state index contributed by atoms with van der Waals surface area (Å²) in [6.45, 7) is 0. The molecule has 3 unspecified atom stereocenters. The monoisotopic (exact) mass is 980 g/mol. The number of nitrogens with zero attached hydrogens (tertiary/aromatic N) is 2. The fourth-order valence-electron chi connectivity index (χ4n) is 12.1. The average molecular weight is 981 g/mol. The van der Waals surface area contributed by atoms with Gasteiger partial charge in [0.25, 0.3) is 0 Å². The number of rotatable bonds is 6. The van der Waals surface area contributed by atoms with Crippen molar-refractivity contribution in [1.29, 1.82) is 0 Å². The number of para-hydroxylation sites is 3. The SMILES string of the molecule is C1=CC2Sc3ccccc3N(c3ccc4c(-c5ccc(-c6ccc7ccccc7c6)cc5)c5cc(N6c7ccccc7Sc7ccccc76)ccc5c(-c5ccc(C6C=Cc7ccccc7C6)cc5)c4c3)C2C=C1. The Balaban J connectivity index is 0.976. The van der Waals surface area contributed by atoms with Gasteiger partial charge in [0.1, 0.15) is 0 Å². The Kier molecular flexibility index (Phi) is 10.4. The molecule has 74 heavy (non-hydrogen) atoms. The third kappa shape index (κ3) is 7.27. The number of benzene rings is 11. The van der Waals surface area contributed by atoms with Gasteiger partial charge in [-0.3, -0.25) is 0 Å². The van der Waals surface area contributed by atoms with E-state index in [4.69, 9.17) is 0 Å². The van der Waals surface area contributed by atoms with E-state index in [2.05, 4.69) is 271 Å². The molecule has 0 aromatic heterocycles. The van der Waals surface area contributed by atoms with Gasteiger partial charge in [-0.2, -0.15) is 0 Å². The van der Waals surface area contributed by atoms with Gasteiger partial charge >= 0.3 is 0 Å². The highest BCUT2D eigenvalue weighted by molar-refractivity contribution is 8.00. The molecule has 4 heteroatoms. The molecule has 11 aromatic carbocycles. The van der Waals surface area contributed by atoms with E-state index in [9.17, 15) is 0 Å². The van der Waals surface area contributed by atoms with Crippen LogP contribution in [0.15, 0.2) is 270 Å². The topological polar surface area (TPSA) is 6.48 Å². The number of fused-ring (bicyclic) bond motifs is 8. The quantitative estimate of drug-likeness (QED) is 0.153. The first-order valence-corrected chi connectivity index (χ1v) is 27.4. The standard InChI is InChI=1S/C70H48N2S2/c1-3-15-51-41-53(35-29-45(51)13-1)47-25-31-49(32-26-47)69-57-39-37-56(72-63-19-7-11-23-67(63)74-68-24-12-8-20-64(68)72)44-60(57)70(50-33-27-48(28-34-50)54-36-30-46-14-2-4-16-52(46)42-54)58-40-38-55(43-59(58)69)71-61-17-5-9-21-65(61)73-66-22-10-6-18-62(66)71/h1-41,43-44,54,63,67H,42H2. The predicted molar refractivity (Wildman–Crippen MR) is 316 cm³/mol. The van der Waals surface area contributed by atoms with Crippen molar-refractivity contribution in [3.05, 3.63) is 272 Å². The maximum Gasteiger partial charge on any atom is 0.0683 e. The molecule has 11 aromatic rings. The summed E-state index contributed by atoms with van der Waals surface area (Å²) in [4.78, 5) is 8.87. The van der Waals surface area contributed by atoms with Crippen LogP contribution in [0.4, 0.5) is 28.4 Å². The average Bonchev–Trinajstić information content (AvgIpc) is 3.48. The fraction of sp³-hybridized carbons (Fsp3) is 0.0571. The van der Waals surface area contributed by atoms with Gasteiger partial charge in [0.15, 0.2) is 0 Å². The Morgan fingerprint density at radius 1 is 0.405 bits per heavy atom. The van der Waals surface area contributed by atoms with Gasteiger partial charge in [-0.1, -0.05) is 206 Å². The molecule has 15 rings (SSSR count). The third-order valence-corrected chi connectivity index (χ3v) is 18.1. The minimum Gasteiger partial charge on any atom is -0.332 e. The Labute approximate surface area is 440 Å². The van der Waals surface area contributed by atoms with Crippen LogP contribution in [0.5, 0.6) is 0 Å². The molecular weight excluding hydrogens is 933 g/mol. The number of hydrogen-bond donors (Lipinski definition) is 0. The van der Waals surface area contributed by atoms with E-state index in [-0.39, 0.29) is 6.04 Å². The van der Waals surface area contributed by atoms with Gasteiger partial charge in [-0.15, -0.1) is 11.8 Å². The second kappa shape index (κ2) is 17.7. The van der Waals surface area contributed by atoms with Gasteiger partial charge in [0.2, 0.25) is 0 Å². The van der Waals surface area contributed by atoms with Crippen molar-refractivity contribution in [3.8, 4) is 33.4 Å². The molecule has 4 aliphatic rings. The molecule has 2 aliphatic carbocycles. The van der Waals surface area contributed by atoms with Gasteiger partial charge in [-0.05, 0) is 156 Å². The zero-order valence-electron chi connectivity index (χ0n) is 40.5. The molecule has 2 aliphatic heterocycles. The van der Waals surface area contributed by atoms with Crippen molar-refractivity contribution in [2.75, 3.05) is 9.80 Å². The Morgan fingerprint density at radius 3 is 1.74 bits per heavy atom. The lowest BCUT2D eigenvalue weighted by Crippen LogP contribution is -2.41. The number of anilines is 5. The lowest BCUT2D eigenvalue weighted by Gasteiger charge is -2.42. The molecule has 0 saturated heterocycles. The van der Waals surface area contributed by atoms with Crippen molar-refractivity contribution in [1.82, 2.24) is 0 Å². The van der Waals surface area contributed by atoms with E-state index in [1.165, 1.54) is 120 Å². The van der Waals surface area contributed by atoms with E-state index in [1.807, 2.05) is 23.5 Å². The van der Waals surface area contributed by atoms with Crippen LogP contribution in [0.1, 0.15) is 22.6 Å². The summed E-state index contributed by atoms with van der Waals surface area (Å²) in [6, 6.07) is 84.5. The molecule has 0 spiro atoms. The molecule has 2 heterocycles. The minimum atomic E-state index is 0.173. The van der Waals surface area contributed by atoms with Crippen molar-refractivity contribution in [2.24, 2.45) is 0 Å². The minimum absolute atomic E-state index is 0.173. The fourth-order valence-corrected chi connectivity index (χ4v) is 14.4. The summed E-state index contributed by atoms with van der Waals surface area (Å²) in [6.07, 6.45) is 14.9. The second-order valence-electron chi connectivity index (χ2n) is 19.9. The molecule has 3 atom stereocenters. The van der Waals surface area contributed by atoms with Gasteiger partial charge in [-0.25, -0.2) is 0 Å². The first-order valence-electron chi connectivity index (χ1n) is 25.7. The van der Waals surface area contributed by atoms with Crippen molar-refractivity contribution in [2.45, 2.75) is 38.3 Å². The van der Waals surface area contributed by atoms with Crippen LogP contribution in [0.3, 0.4) is 0 Å². The maximum atomic E-state index is 2.59. The van der Waals surface area contributed by atoms with Crippen LogP contribution in [0.2, 0.25) is 0 Å². The van der Waals surface area contributed by atoms with Crippen LogP contribution < -0.4 is 9.80 Å². The van der Waals surface area contributed by atoms with Gasteiger partial charge in [0.05, 0.1) is 28.4 Å². The lowest BCUT2D eigenvalue weighted by molar-refractivity contribution is 0.779. The van der Waals surface area contributed by atoms with E-state index in [0.29, 0.717) is 11.2 Å². The van der Waals surface area contributed by atoms with Crippen LogP contribution in [-0.4, -0.2) is 11.3 Å². The Bertz CT molecular complexity index is 4100. The summed E-state index contributed by atoms with van der Waals surface area (Å²) < 4.78 is 0. The zero-order chi connectivity index (χ0) is 48.7. The van der Waals surface area contributed by atoms with Crippen LogP contribution in [0, 0.1) is 0 Å². The summed E-state index contributed by atoms with van der Waals surface area (Å²) in [5.74, 6) is 0.317. The molecule has 0 amide bonds. The molecule has 350 valence electrons. The summed E-state index contributed by atoms with van der Waals surface area (Å²) >= 11 is 3.82. The number of thioether (sulfide) groups is 1. The van der Waals surface area contributed by atoms with Crippen LogP contribution in [0.25, 0.3) is 71.8 Å². The Morgan fingerprint density at radius 2 is 0.986 bits per heavy atom. The Hall–Kier alpha value is -8.28. The molecular formula is C70H48N2S2. The lowest BCUT2D eigenvalue weighted by atomic mass is 9.83. The van der Waals surface area contributed by atoms with E-state index in [0.717, 1.165) is 12.1 Å². The van der Waals surface area contributed by atoms with E-state index in [1.54, 1.807) is 0 Å². The van der Waals surface area contributed by atoms with Crippen LogP contribution >= 0.6 is 23.5 Å². The normalized spacial score (nSPS) is 17.2. The maximum absolute atomic E-state index is 2.59. The third-order valence-electron chi connectivity index (χ3n) is 15.7. The number of allylic oxidation sites excluding steroid dienone is 3. The first-order chi connectivity index (χ1) is 36.7. The van der Waals surface area contributed by atoms with Gasteiger partial charge < -0.3 is 9.80 Å². The highest BCUT2D eigenvalue weighted by atomic mass is 32.2. The molecule has 0 bridgehead atoms. The predicted octanol–water partition coefficient (Wildman–Crippen LogP) is 19.5. The summed E-state index contributed by atoms with van der Waals surface area (Å²) in [5, 5.41) is 7.72. The largest absolute Gasteiger partial charge is 0.332 e.